The number of pyridine rings is 1. The number of aliphatic hydroxyl groups excluding tert-OH is 1. The molecule has 2 heterocycles. The Labute approximate surface area is 149 Å². The van der Waals surface area contributed by atoms with Crippen LogP contribution in [-0.2, 0) is 0 Å². The molecule has 1 aliphatic carbocycles. The maximum atomic E-state index is 14.9. The zero-order valence-corrected chi connectivity index (χ0v) is 14.7. The van der Waals surface area contributed by atoms with E-state index in [-0.39, 0.29) is 22.9 Å². The van der Waals surface area contributed by atoms with Gasteiger partial charge in [-0.25, -0.2) is 9.18 Å². The van der Waals surface area contributed by atoms with Gasteiger partial charge in [0.1, 0.15) is 11.4 Å². The van der Waals surface area contributed by atoms with E-state index in [1.165, 1.54) is 6.20 Å². The van der Waals surface area contributed by atoms with E-state index in [0.29, 0.717) is 29.9 Å². The van der Waals surface area contributed by atoms with Crippen molar-refractivity contribution in [1.29, 1.82) is 0 Å². The van der Waals surface area contributed by atoms with E-state index in [1.807, 2.05) is 16.4 Å². The average Bonchev–Trinajstić information content (AvgIpc) is 3.35. The summed E-state index contributed by atoms with van der Waals surface area (Å²) in [5.74, 6) is -1.83. The standard InChI is InChI=1S/C19H21FN2O4/c1-9-6-21(8-15(9)23)17-10(2)16-12(5-14(17)20)18(24)13(19(25)26)7-22(16)11-3-4-11/h5,7,9,11,15,23H,3-4,6,8H2,1-2H3,(H,25,26)/t9-,15-/m0/s1. The van der Waals surface area contributed by atoms with Gasteiger partial charge in [-0.2, -0.15) is 0 Å². The fraction of sp³-hybridized carbons (Fsp3) is 0.474. The summed E-state index contributed by atoms with van der Waals surface area (Å²) in [5.41, 5.74) is 0.599. The van der Waals surface area contributed by atoms with Gasteiger partial charge in [0.2, 0.25) is 5.43 Å². The van der Waals surface area contributed by atoms with Crippen LogP contribution in [0.5, 0.6) is 0 Å². The summed E-state index contributed by atoms with van der Waals surface area (Å²) in [6, 6.07) is 1.29. The van der Waals surface area contributed by atoms with Crippen LogP contribution in [0.25, 0.3) is 10.9 Å². The van der Waals surface area contributed by atoms with Crippen LogP contribution in [0.3, 0.4) is 0 Å². The van der Waals surface area contributed by atoms with E-state index >= 15 is 0 Å². The molecule has 4 rings (SSSR count). The van der Waals surface area contributed by atoms with Crippen molar-refractivity contribution in [2.75, 3.05) is 18.0 Å². The maximum Gasteiger partial charge on any atom is 0.341 e. The molecule has 0 radical (unpaired) electrons. The Balaban J connectivity index is 2.00. The van der Waals surface area contributed by atoms with E-state index in [4.69, 9.17) is 0 Å². The van der Waals surface area contributed by atoms with Gasteiger partial charge in [-0.05, 0) is 31.4 Å². The number of carboxylic acids is 1. The van der Waals surface area contributed by atoms with E-state index in [2.05, 4.69) is 0 Å². The predicted molar refractivity (Wildman–Crippen MR) is 95.5 cm³/mol. The zero-order chi connectivity index (χ0) is 18.7. The van der Waals surface area contributed by atoms with Crippen molar-refractivity contribution in [3.8, 4) is 0 Å². The third-order valence-corrected chi connectivity index (χ3v) is 5.54. The number of carboxylic acid groups (broad SMARTS) is 1. The fourth-order valence-corrected chi connectivity index (χ4v) is 3.98. The summed E-state index contributed by atoms with van der Waals surface area (Å²) in [6.45, 7) is 4.55. The molecule has 1 aromatic carbocycles. The second kappa shape index (κ2) is 5.81. The fourth-order valence-electron chi connectivity index (χ4n) is 3.98. The number of anilines is 1. The number of aromatic carboxylic acids is 1. The molecule has 0 spiro atoms. The molecule has 1 aliphatic heterocycles. The minimum Gasteiger partial charge on any atom is -0.477 e. The minimum atomic E-state index is -1.30. The SMILES string of the molecule is Cc1c(N2C[C@H](C)[C@@H](O)C2)c(F)cc2c(=O)c(C(=O)O)cn(C3CC3)c12. The van der Waals surface area contributed by atoms with Crippen LogP contribution >= 0.6 is 0 Å². The molecule has 26 heavy (non-hydrogen) atoms. The summed E-state index contributed by atoms with van der Waals surface area (Å²) in [6.07, 6.45) is 2.68. The third kappa shape index (κ3) is 2.49. The number of aromatic nitrogens is 1. The number of hydrogen-bond donors (Lipinski definition) is 2. The number of fused-ring (bicyclic) bond motifs is 1. The van der Waals surface area contributed by atoms with Gasteiger partial charge < -0.3 is 19.7 Å². The maximum absolute atomic E-state index is 14.9. The number of nitrogens with zero attached hydrogens (tertiary/aromatic N) is 2. The Hall–Kier alpha value is -2.41. The van der Waals surface area contributed by atoms with Gasteiger partial charge in [0.15, 0.2) is 0 Å². The van der Waals surface area contributed by atoms with Crippen molar-refractivity contribution in [3.05, 3.63) is 39.4 Å². The predicted octanol–water partition coefficient (Wildman–Crippen LogP) is 2.30. The molecule has 1 aromatic heterocycles. The molecule has 0 bridgehead atoms. The Morgan fingerprint density at radius 2 is 2.00 bits per heavy atom. The van der Waals surface area contributed by atoms with Crippen molar-refractivity contribution in [2.24, 2.45) is 5.92 Å². The molecular formula is C19H21FN2O4. The van der Waals surface area contributed by atoms with Crippen molar-refractivity contribution in [3.63, 3.8) is 0 Å². The first-order chi connectivity index (χ1) is 12.3. The Kier molecular flexibility index (Phi) is 3.80. The summed E-state index contributed by atoms with van der Waals surface area (Å²) < 4.78 is 16.7. The molecule has 7 heteroatoms. The number of aliphatic hydroxyl groups is 1. The topological polar surface area (TPSA) is 82.8 Å². The number of benzene rings is 1. The van der Waals surface area contributed by atoms with Gasteiger partial charge >= 0.3 is 5.97 Å². The molecule has 2 fully saturated rings. The number of halogens is 1. The molecule has 2 aromatic rings. The van der Waals surface area contributed by atoms with Gasteiger partial charge in [-0.1, -0.05) is 6.92 Å². The van der Waals surface area contributed by atoms with Gasteiger partial charge in [0.25, 0.3) is 0 Å². The molecule has 2 atom stereocenters. The first kappa shape index (κ1) is 17.0. The first-order valence-electron chi connectivity index (χ1n) is 8.83. The van der Waals surface area contributed by atoms with E-state index in [0.717, 1.165) is 18.9 Å². The molecule has 2 aliphatic rings. The van der Waals surface area contributed by atoms with Gasteiger partial charge in [0, 0.05) is 36.6 Å². The van der Waals surface area contributed by atoms with Crippen LogP contribution in [-0.4, -0.2) is 39.9 Å². The van der Waals surface area contributed by atoms with Crippen molar-refractivity contribution in [1.82, 2.24) is 4.57 Å². The number of hydrogen-bond acceptors (Lipinski definition) is 4. The Bertz CT molecular complexity index is 970. The summed E-state index contributed by atoms with van der Waals surface area (Å²) in [7, 11) is 0. The van der Waals surface area contributed by atoms with E-state index in [1.54, 1.807) is 6.92 Å². The lowest BCUT2D eigenvalue weighted by atomic mass is 10.0. The quantitative estimate of drug-likeness (QED) is 0.878. The molecule has 1 saturated carbocycles. The molecule has 1 saturated heterocycles. The lowest BCUT2D eigenvalue weighted by Gasteiger charge is -2.24. The molecule has 2 N–H and O–H groups in total. The number of rotatable bonds is 3. The normalized spacial score (nSPS) is 23.0. The van der Waals surface area contributed by atoms with Gasteiger partial charge in [0.05, 0.1) is 17.3 Å². The highest BCUT2D eigenvalue weighted by Crippen LogP contribution is 2.40. The summed E-state index contributed by atoms with van der Waals surface area (Å²) in [4.78, 5) is 25.8. The van der Waals surface area contributed by atoms with Crippen LogP contribution in [0.2, 0.25) is 0 Å². The molecule has 0 unspecified atom stereocenters. The highest BCUT2D eigenvalue weighted by molar-refractivity contribution is 5.95. The number of aryl methyl sites for hydroxylation is 1. The molecule has 0 amide bonds. The molecule has 138 valence electrons. The third-order valence-electron chi connectivity index (χ3n) is 5.54. The second-order valence-electron chi connectivity index (χ2n) is 7.49. The van der Waals surface area contributed by atoms with Crippen LogP contribution < -0.4 is 10.3 Å². The zero-order valence-electron chi connectivity index (χ0n) is 14.7. The van der Waals surface area contributed by atoms with Crippen molar-refractivity contribution < 1.29 is 19.4 Å². The number of β-amino-alcohol motifs (C(OH)–C–C–N with tert-alkyl or cyclic N) is 1. The Morgan fingerprint density at radius 1 is 1.31 bits per heavy atom. The monoisotopic (exact) mass is 360 g/mol. The lowest BCUT2D eigenvalue weighted by molar-refractivity contribution is 0.0695. The number of carbonyl (C=O) groups is 1. The minimum absolute atomic E-state index is 0.0320. The summed E-state index contributed by atoms with van der Waals surface area (Å²) in [5, 5.41) is 19.5. The highest BCUT2D eigenvalue weighted by atomic mass is 19.1. The lowest BCUT2D eigenvalue weighted by Crippen LogP contribution is -2.25. The van der Waals surface area contributed by atoms with Gasteiger partial charge in [-0.3, -0.25) is 4.79 Å². The first-order valence-corrected chi connectivity index (χ1v) is 8.83. The summed E-state index contributed by atoms with van der Waals surface area (Å²) >= 11 is 0. The Morgan fingerprint density at radius 3 is 2.54 bits per heavy atom. The van der Waals surface area contributed by atoms with Crippen LogP contribution in [0, 0.1) is 18.7 Å². The van der Waals surface area contributed by atoms with Crippen LogP contribution in [0.4, 0.5) is 10.1 Å². The largest absolute Gasteiger partial charge is 0.477 e. The van der Waals surface area contributed by atoms with E-state index in [9.17, 15) is 24.2 Å². The van der Waals surface area contributed by atoms with E-state index < -0.39 is 23.3 Å². The molecular weight excluding hydrogens is 339 g/mol. The molecule has 6 nitrogen and oxygen atoms in total. The second-order valence-corrected chi connectivity index (χ2v) is 7.49. The average molecular weight is 360 g/mol. The van der Waals surface area contributed by atoms with Crippen LogP contribution in [0.1, 0.15) is 41.7 Å². The van der Waals surface area contributed by atoms with Gasteiger partial charge in [-0.15, -0.1) is 0 Å². The van der Waals surface area contributed by atoms with Crippen molar-refractivity contribution in [2.45, 2.75) is 38.8 Å². The van der Waals surface area contributed by atoms with Crippen molar-refractivity contribution >= 4 is 22.6 Å². The highest BCUT2D eigenvalue weighted by Gasteiger charge is 2.33. The van der Waals surface area contributed by atoms with Crippen LogP contribution in [0.15, 0.2) is 17.1 Å². The smallest absolute Gasteiger partial charge is 0.341 e.